The van der Waals surface area contributed by atoms with Crippen molar-refractivity contribution in [2.24, 2.45) is 0 Å². The highest BCUT2D eigenvalue weighted by Gasteiger charge is 2.38. The Kier molecular flexibility index (Phi) is 6.56. The van der Waals surface area contributed by atoms with Crippen LogP contribution in [0.2, 0.25) is 0 Å². The second kappa shape index (κ2) is 11.3. The van der Waals surface area contributed by atoms with Crippen LogP contribution in [0.15, 0.2) is 180 Å². The maximum Gasteiger partial charge on any atom is 0.145 e. The average Bonchev–Trinajstić information content (AvgIpc) is 3.69. The van der Waals surface area contributed by atoms with Crippen molar-refractivity contribution in [3.05, 3.63) is 187 Å². The van der Waals surface area contributed by atoms with Crippen LogP contribution in [0.1, 0.15) is 25.0 Å². The molecule has 0 fully saturated rings. The van der Waals surface area contributed by atoms with E-state index in [0.717, 1.165) is 50.1 Å². The Morgan fingerprint density at radius 3 is 2.04 bits per heavy atom. The molecule has 8 aromatic carbocycles. The number of hydrogen-bond donors (Lipinski definition) is 0. The summed E-state index contributed by atoms with van der Waals surface area (Å²) < 4.78 is 6.77. The van der Waals surface area contributed by atoms with Crippen LogP contribution in [-0.4, -0.2) is 0 Å². The van der Waals surface area contributed by atoms with Gasteiger partial charge in [0, 0.05) is 27.6 Å². The molecule has 0 bridgehead atoms. The number of rotatable bonds is 5. The van der Waals surface area contributed by atoms with Crippen LogP contribution >= 0.6 is 0 Å². The van der Waals surface area contributed by atoms with Crippen LogP contribution in [0.5, 0.6) is 0 Å². The minimum atomic E-state index is -0.123. The number of hydrogen-bond acceptors (Lipinski definition) is 2. The summed E-state index contributed by atoms with van der Waals surface area (Å²) >= 11 is 0. The minimum Gasteiger partial charge on any atom is -0.455 e. The van der Waals surface area contributed by atoms with Crippen molar-refractivity contribution in [2.45, 2.75) is 19.3 Å². The van der Waals surface area contributed by atoms with Crippen molar-refractivity contribution in [2.75, 3.05) is 4.90 Å². The van der Waals surface area contributed by atoms with E-state index in [1.165, 1.54) is 44.2 Å². The number of fused-ring (bicyclic) bond motifs is 7. The Hall–Kier alpha value is -6.38. The molecule has 0 aliphatic heterocycles. The van der Waals surface area contributed by atoms with Crippen LogP contribution in [-0.2, 0) is 5.41 Å². The first-order chi connectivity index (χ1) is 25.1. The van der Waals surface area contributed by atoms with Gasteiger partial charge in [0.25, 0.3) is 0 Å². The van der Waals surface area contributed by atoms with E-state index < -0.39 is 0 Å². The Morgan fingerprint density at radius 1 is 0.471 bits per heavy atom. The Balaban J connectivity index is 1.24. The van der Waals surface area contributed by atoms with Gasteiger partial charge in [0.1, 0.15) is 11.2 Å². The Bertz CT molecular complexity index is 2770. The second-order valence-corrected chi connectivity index (χ2v) is 14.1. The van der Waals surface area contributed by atoms with E-state index in [9.17, 15) is 0 Å². The molecule has 2 nitrogen and oxygen atoms in total. The third-order valence-corrected chi connectivity index (χ3v) is 10.9. The third kappa shape index (κ3) is 4.57. The van der Waals surface area contributed by atoms with Crippen LogP contribution in [0, 0.1) is 0 Å². The lowest BCUT2D eigenvalue weighted by Gasteiger charge is -2.30. The summed E-state index contributed by atoms with van der Waals surface area (Å²) in [5, 5.41) is 4.70. The van der Waals surface area contributed by atoms with Gasteiger partial charge in [-0.15, -0.1) is 0 Å². The zero-order valence-electron chi connectivity index (χ0n) is 28.6. The van der Waals surface area contributed by atoms with E-state index >= 15 is 0 Å². The molecule has 0 atom stereocenters. The summed E-state index contributed by atoms with van der Waals surface area (Å²) in [6.45, 7) is 4.70. The van der Waals surface area contributed by atoms with E-state index in [1.807, 2.05) is 0 Å². The molecule has 0 spiro atoms. The summed E-state index contributed by atoms with van der Waals surface area (Å²) in [5.74, 6) is 0. The first kappa shape index (κ1) is 29.5. The molecule has 51 heavy (non-hydrogen) atoms. The molecule has 242 valence electrons. The van der Waals surface area contributed by atoms with Crippen LogP contribution < -0.4 is 4.90 Å². The van der Waals surface area contributed by atoms with Crippen LogP contribution in [0.25, 0.3) is 66.1 Å². The zero-order chi connectivity index (χ0) is 34.1. The maximum absolute atomic E-state index is 6.77. The van der Waals surface area contributed by atoms with E-state index in [2.05, 4.69) is 195 Å². The number of benzene rings is 8. The maximum atomic E-state index is 6.77. The molecule has 0 amide bonds. The number of nitrogens with zero attached hydrogens (tertiary/aromatic N) is 1. The third-order valence-electron chi connectivity index (χ3n) is 10.9. The van der Waals surface area contributed by atoms with Gasteiger partial charge in [-0.2, -0.15) is 0 Å². The van der Waals surface area contributed by atoms with Gasteiger partial charge in [0.05, 0.1) is 16.8 Å². The van der Waals surface area contributed by atoms with E-state index in [4.69, 9.17) is 4.42 Å². The molecule has 0 radical (unpaired) electrons. The van der Waals surface area contributed by atoms with Gasteiger partial charge in [0.15, 0.2) is 0 Å². The van der Waals surface area contributed by atoms with Crippen LogP contribution in [0.4, 0.5) is 17.1 Å². The van der Waals surface area contributed by atoms with Gasteiger partial charge in [-0.25, -0.2) is 0 Å². The predicted molar refractivity (Wildman–Crippen MR) is 214 cm³/mol. The molecule has 0 unspecified atom stereocenters. The first-order valence-electron chi connectivity index (χ1n) is 17.7. The lowest BCUT2D eigenvalue weighted by atomic mass is 9.82. The van der Waals surface area contributed by atoms with Gasteiger partial charge >= 0.3 is 0 Å². The quantitative estimate of drug-likeness (QED) is 0.184. The molecule has 1 aromatic heterocycles. The molecule has 9 aromatic rings. The topological polar surface area (TPSA) is 16.4 Å². The molecule has 0 N–H and O–H groups in total. The molecule has 0 saturated heterocycles. The molecule has 2 heteroatoms. The Morgan fingerprint density at radius 2 is 1.18 bits per heavy atom. The summed E-state index contributed by atoms with van der Waals surface area (Å²) in [4.78, 5) is 2.46. The molecular formula is C49H35NO. The molecular weight excluding hydrogens is 619 g/mol. The van der Waals surface area contributed by atoms with Crippen molar-refractivity contribution in [3.8, 4) is 33.4 Å². The van der Waals surface area contributed by atoms with Gasteiger partial charge < -0.3 is 9.32 Å². The lowest BCUT2D eigenvalue weighted by Crippen LogP contribution is -2.16. The number of furan rings is 1. The summed E-state index contributed by atoms with van der Waals surface area (Å²) in [5.41, 5.74) is 14.9. The molecule has 1 aliphatic rings. The standard InChI is InChI=1S/C49H35NO/c1-49(2)41-19-10-8-17-39(41)46-42(49)20-12-21-43(46)50(37-27-25-33(26-28-37)36-24-23-32-13-6-7-16-35(32)31-36)44-30-29-38(34-14-4-3-5-15-34)48-47(44)40-18-9-11-22-45(40)51-48/h3-31H,1-2H3. The minimum absolute atomic E-state index is 0.123. The summed E-state index contributed by atoms with van der Waals surface area (Å²) in [7, 11) is 0. The van der Waals surface area contributed by atoms with Gasteiger partial charge in [0.2, 0.25) is 0 Å². The Labute approximate surface area is 297 Å². The van der Waals surface area contributed by atoms with E-state index in [-0.39, 0.29) is 5.41 Å². The fourth-order valence-electron chi connectivity index (χ4n) is 8.34. The van der Waals surface area contributed by atoms with Crippen molar-refractivity contribution in [3.63, 3.8) is 0 Å². The fraction of sp³-hybridized carbons (Fsp3) is 0.0612. The highest BCUT2D eigenvalue weighted by Crippen LogP contribution is 2.55. The molecule has 1 heterocycles. The molecule has 10 rings (SSSR count). The smallest absolute Gasteiger partial charge is 0.145 e. The SMILES string of the molecule is CC1(C)c2ccccc2-c2c(N(c3ccc(-c4ccc5ccccc5c4)cc3)c3ccc(-c4ccccc4)c4oc5ccccc5c34)cccc21. The summed E-state index contributed by atoms with van der Waals surface area (Å²) in [6, 6.07) is 63.6. The van der Waals surface area contributed by atoms with Crippen molar-refractivity contribution >= 4 is 49.8 Å². The number of para-hydroxylation sites is 1. The van der Waals surface area contributed by atoms with Gasteiger partial charge in [-0.3, -0.25) is 0 Å². The molecule has 0 saturated carbocycles. The monoisotopic (exact) mass is 653 g/mol. The zero-order valence-corrected chi connectivity index (χ0v) is 28.6. The molecule has 1 aliphatic carbocycles. The van der Waals surface area contributed by atoms with Crippen molar-refractivity contribution in [1.82, 2.24) is 0 Å². The highest BCUT2D eigenvalue weighted by molar-refractivity contribution is 6.17. The normalized spacial score (nSPS) is 13.1. The predicted octanol–water partition coefficient (Wildman–Crippen LogP) is 13.8. The van der Waals surface area contributed by atoms with Crippen molar-refractivity contribution < 1.29 is 4.42 Å². The van der Waals surface area contributed by atoms with E-state index in [1.54, 1.807) is 0 Å². The highest BCUT2D eigenvalue weighted by atomic mass is 16.3. The van der Waals surface area contributed by atoms with Gasteiger partial charge in [-0.1, -0.05) is 147 Å². The lowest BCUT2D eigenvalue weighted by molar-refractivity contribution is 0.660. The van der Waals surface area contributed by atoms with Gasteiger partial charge in [-0.05, 0) is 86.6 Å². The summed E-state index contributed by atoms with van der Waals surface area (Å²) in [6.07, 6.45) is 0. The average molecular weight is 654 g/mol. The fourth-order valence-corrected chi connectivity index (χ4v) is 8.34. The number of anilines is 3. The van der Waals surface area contributed by atoms with Crippen molar-refractivity contribution in [1.29, 1.82) is 0 Å². The van der Waals surface area contributed by atoms with E-state index in [0.29, 0.717) is 0 Å². The second-order valence-electron chi connectivity index (χ2n) is 14.1. The first-order valence-corrected chi connectivity index (χ1v) is 17.7. The largest absolute Gasteiger partial charge is 0.455 e. The van der Waals surface area contributed by atoms with Crippen LogP contribution in [0.3, 0.4) is 0 Å².